The van der Waals surface area contributed by atoms with Gasteiger partial charge in [-0.2, -0.15) is 0 Å². The summed E-state index contributed by atoms with van der Waals surface area (Å²) in [6.07, 6.45) is -5.67. The lowest BCUT2D eigenvalue weighted by molar-refractivity contribution is -0.288. The number of rotatable bonds is 13. The lowest BCUT2D eigenvalue weighted by Gasteiger charge is -2.43. The molecule has 0 spiro atoms. The monoisotopic (exact) mass is 684 g/mol. The van der Waals surface area contributed by atoms with Gasteiger partial charge in [0.05, 0.1) is 17.6 Å². The molecule has 1 saturated heterocycles. The van der Waals surface area contributed by atoms with Crippen LogP contribution in [0.3, 0.4) is 0 Å². The molecule has 3 aromatic rings. The van der Waals surface area contributed by atoms with Gasteiger partial charge in [-0.05, 0) is 30.7 Å². The van der Waals surface area contributed by atoms with Crippen molar-refractivity contribution in [2.24, 2.45) is 0 Å². The highest BCUT2D eigenvalue weighted by molar-refractivity contribution is 5.93. The number of fused-ring (bicyclic) bond motifs is 1. The van der Waals surface area contributed by atoms with Gasteiger partial charge in [0.15, 0.2) is 18.0 Å². The first-order valence-corrected chi connectivity index (χ1v) is 15.4. The topological polar surface area (TPSA) is 189 Å². The first kappa shape index (κ1) is 36.4. The van der Waals surface area contributed by atoms with Crippen LogP contribution in [0, 0.1) is 0 Å². The molecule has 0 radical (unpaired) electrons. The van der Waals surface area contributed by atoms with Gasteiger partial charge in [-0.25, -0.2) is 9.59 Å². The van der Waals surface area contributed by atoms with Crippen LogP contribution in [0.2, 0.25) is 0 Å². The van der Waals surface area contributed by atoms with E-state index in [0.717, 1.165) is 34.1 Å². The molecular formula is C34H36O15. The summed E-state index contributed by atoms with van der Waals surface area (Å²) in [4.78, 5) is 74.0. The molecule has 2 aromatic carbocycles. The molecule has 0 unspecified atom stereocenters. The number of benzene rings is 2. The molecule has 0 bridgehead atoms. The van der Waals surface area contributed by atoms with Gasteiger partial charge in [0.2, 0.25) is 12.4 Å². The van der Waals surface area contributed by atoms with Crippen LogP contribution in [0.25, 0.3) is 11.0 Å². The largest absolute Gasteiger partial charge is 0.489 e. The van der Waals surface area contributed by atoms with Crippen LogP contribution in [0.5, 0.6) is 17.2 Å². The molecule has 1 aromatic heterocycles. The minimum absolute atomic E-state index is 0.0186. The Morgan fingerprint density at radius 2 is 1.43 bits per heavy atom. The third-order valence-corrected chi connectivity index (χ3v) is 6.94. The normalized spacial score (nSPS) is 20.1. The summed E-state index contributed by atoms with van der Waals surface area (Å²) in [5.41, 5.74) is -0.832. The zero-order valence-corrected chi connectivity index (χ0v) is 27.5. The third kappa shape index (κ3) is 9.56. The summed E-state index contributed by atoms with van der Waals surface area (Å²) in [5, 5.41) is 0.264. The Labute approximate surface area is 280 Å². The van der Waals surface area contributed by atoms with Gasteiger partial charge < -0.3 is 42.3 Å². The zero-order valence-electron chi connectivity index (χ0n) is 27.5. The second kappa shape index (κ2) is 16.6. The first-order chi connectivity index (χ1) is 23.4. The SMILES string of the molecule is CCCCOc1c(OC(=O)c2ccccc2)c(=O)oc2cc(O[C@H]3O[C@H](COC(C)=O)[C@@H](OC(C)=O)[C@H](OC(C)=O)[C@@H]3OC(C)=O)ccc12. The number of carbonyl (C=O) groups excluding carboxylic acids is 5. The second-order valence-electron chi connectivity index (χ2n) is 10.8. The quantitative estimate of drug-likeness (QED) is 0.110. The fraction of sp³-hybridized carbons (Fsp3) is 0.412. The summed E-state index contributed by atoms with van der Waals surface area (Å²) in [7, 11) is 0. The van der Waals surface area contributed by atoms with Crippen LogP contribution in [-0.4, -0.2) is 73.8 Å². The van der Waals surface area contributed by atoms with Gasteiger partial charge in [0.25, 0.3) is 5.75 Å². The van der Waals surface area contributed by atoms with E-state index in [0.29, 0.717) is 6.42 Å². The van der Waals surface area contributed by atoms with Crippen LogP contribution in [0.4, 0.5) is 0 Å². The van der Waals surface area contributed by atoms with E-state index >= 15 is 0 Å². The zero-order chi connectivity index (χ0) is 35.7. The molecule has 15 nitrogen and oxygen atoms in total. The number of ether oxygens (including phenoxy) is 8. The van der Waals surface area contributed by atoms with Crippen molar-refractivity contribution in [1.82, 2.24) is 0 Å². The van der Waals surface area contributed by atoms with Gasteiger partial charge in [0, 0.05) is 33.8 Å². The summed E-state index contributed by atoms with van der Waals surface area (Å²) >= 11 is 0. The Bertz CT molecular complexity index is 1730. The van der Waals surface area contributed by atoms with E-state index in [-0.39, 0.29) is 34.6 Å². The Balaban J connectivity index is 1.74. The van der Waals surface area contributed by atoms with Crippen molar-refractivity contribution in [3.05, 3.63) is 64.5 Å². The molecule has 1 fully saturated rings. The maximum absolute atomic E-state index is 13.2. The highest BCUT2D eigenvalue weighted by atomic mass is 16.7. The fourth-order valence-electron chi connectivity index (χ4n) is 4.90. The van der Waals surface area contributed by atoms with E-state index in [4.69, 9.17) is 42.3 Å². The van der Waals surface area contributed by atoms with Crippen molar-refractivity contribution in [3.63, 3.8) is 0 Å². The average Bonchev–Trinajstić information content (AvgIpc) is 3.04. The first-order valence-electron chi connectivity index (χ1n) is 15.4. The van der Waals surface area contributed by atoms with Gasteiger partial charge in [-0.15, -0.1) is 0 Å². The minimum Gasteiger partial charge on any atom is -0.489 e. The number of hydrogen-bond acceptors (Lipinski definition) is 15. The molecule has 1 aliphatic heterocycles. The molecule has 262 valence electrons. The Morgan fingerprint density at radius 1 is 0.776 bits per heavy atom. The Morgan fingerprint density at radius 3 is 2.06 bits per heavy atom. The predicted molar refractivity (Wildman–Crippen MR) is 167 cm³/mol. The van der Waals surface area contributed by atoms with Crippen molar-refractivity contribution in [1.29, 1.82) is 0 Å². The number of esters is 5. The summed E-state index contributed by atoms with van der Waals surface area (Å²) in [6.45, 7) is 6.16. The van der Waals surface area contributed by atoms with Crippen LogP contribution < -0.4 is 19.8 Å². The smallest absolute Gasteiger partial charge is 0.383 e. The molecule has 0 N–H and O–H groups in total. The Kier molecular flexibility index (Phi) is 12.3. The maximum Gasteiger partial charge on any atom is 0.383 e. The number of hydrogen-bond donors (Lipinski definition) is 0. The van der Waals surface area contributed by atoms with Crippen molar-refractivity contribution in [2.75, 3.05) is 13.2 Å². The molecule has 15 heteroatoms. The molecule has 4 rings (SSSR count). The lowest BCUT2D eigenvalue weighted by atomic mass is 9.98. The van der Waals surface area contributed by atoms with E-state index in [9.17, 15) is 28.8 Å². The van der Waals surface area contributed by atoms with E-state index in [1.54, 1.807) is 18.2 Å². The van der Waals surface area contributed by atoms with E-state index < -0.39 is 78.5 Å². The lowest BCUT2D eigenvalue weighted by Crippen LogP contribution is -2.63. The molecule has 0 amide bonds. The maximum atomic E-state index is 13.2. The van der Waals surface area contributed by atoms with Crippen LogP contribution in [0.15, 0.2) is 57.7 Å². The minimum atomic E-state index is -1.53. The number of carbonyl (C=O) groups is 5. The van der Waals surface area contributed by atoms with Gasteiger partial charge in [0.1, 0.15) is 24.0 Å². The highest BCUT2D eigenvalue weighted by Crippen LogP contribution is 2.37. The Hall–Kier alpha value is -5.44. The van der Waals surface area contributed by atoms with Crippen LogP contribution >= 0.6 is 0 Å². The molecule has 0 aliphatic carbocycles. The van der Waals surface area contributed by atoms with Crippen LogP contribution in [0.1, 0.15) is 57.8 Å². The van der Waals surface area contributed by atoms with E-state index in [2.05, 4.69) is 0 Å². The summed E-state index contributed by atoms with van der Waals surface area (Å²) in [6, 6.07) is 12.3. The average molecular weight is 685 g/mol. The molecule has 0 saturated carbocycles. The highest BCUT2D eigenvalue weighted by Gasteiger charge is 2.53. The molecule has 49 heavy (non-hydrogen) atoms. The van der Waals surface area contributed by atoms with Crippen LogP contribution in [-0.2, 0) is 42.9 Å². The second-order valence-corrected chi connectivity index (χ2v) is 10.8. The van der Waals surface area contributed by atoms with Crippen molar-refractivity contribution >= 4 is 40.8 Å². The van der Waals surface area contributed by atoms with Crippen molar-refractivity contribution in [3.8, 4) is 17.2 Å². The van der Waals surface area contributed by atoms with Gasteiger partial charge >= 0.3 is 35.5 Å². The van der Waals surface area contributed by atoms with E-state index in [1.165, 1.54) is 30.3 Å². The number of unbranched alkanes of at least 4 members (excludes halogenated alkanes) is 1. The van der Waals surface area contributed by atoms with Crippen molar-refractivity contribution in [2.45, 2.75) is 78.2 Å². The van der Waals surface area contributed by atoms with E-state index in [1.807, 2.05) is 6.92 Å². The van der Waals surface area contributed by atoms with Gasteiger partial charge in [-0.1, -0.05) is 31.5 Å². The van der Waals surface area contributed by atoms with Gasteiger partial charge in [-0.3, -0.25) is 19.2 Å². The molecule has 2 heterocycles. The molecule has 5 atom stereocenters. The fourth-order valence-corrected chi connectivity index (χ4v) is 4.90. The summed E-state index contributed by atoms with van der Waals surface area (Å²) in [5.74, 6) is -4.32. The standard InChI is InChI=1S/C34H36O15/c1-6-7-15-41-27-24-14-13-23(16-25(24)47-33(40)30(27)49-32(39)22-11-9-8-10-12-22)46-34-31(45-21(5)38)29(44-20(4)37)28(43-19(3)36)26(48-34)17-42-18(2)35/h8-14,16,26,28-29,31,34H,6-7,15,17H2,1-5H3/t26-,28-,29+,31+,34+/m1/s1. The molecule has 1 aliphatic rings. The van der Waals surface area contributed by atoms with Crippen molar-refractivity contribution < 1.29 is 66.3 Å². The third-order valence-electron chi connectivity index (χ3n) is 6.94. The summed E-state index contributed by atoms with van der Waals surface area (Å²) < 4.78 is 50.3. The molecular weight excluding hydrogens is 648 g/mol. The predicted octanol–water partition coefficient (Wildman–Crippen LogP) is 3.65.